The first kappa shape index (κ1) is 18.9. The second-order valence-electron chi connectivity index (χ2n) is 7.18. The van der Waals surface area contributed by atoms with Crippen molar-refractivity contribution in [1.29, 1.82) is 5.26 Å². The molecule has 9 heteroatoms. The molecule has 4 heterocycles. The van der Waals surface area contributed by atoms with E-state index in [1.165, 1.54) is 0 Å². The molecular formula is C21H16BrFN6O. The molecule has 0 saturated carbocycles. The number of nitrogens with zero attached hydrogens (tertiary/aromatic N) is 6. The second kappa shape index (κ2) is 7.31. The summed E-state index contributed by atoms with van der Waals surface area (Å²) >= 11 is 3.46. The van der Waals surface area contributed by atoms with E-state index in [1.807, 2.05) is 41.8 Å². The van der Waals surface area contributed by atoms with Crippen LogP contribution in [0.1, 0.15) is 29.5 Å². The molecular weight excluding hydrogens is 451 g/mol. The maximum atomic E-state index is 13.8. The van der Waals surface area contributed by atoms with Crippen molar-refractivity contribution >= 4 is 27.0 Å². The lowest BCUT2D eigenvalue weighted by molar-refractivity contribution is 0.103. The molecule has 3 aromatic heterocycles. The van der Waals surface area contributed by atoms with Gasteiger partial charge in [0.05, 0.1) is 23.7 Å². The van der Waals surface area contributed by atoms with Gasteiger partial charge in [-0.15, -0.1) is 0 Å². The van der Waals surface area contributed by atoms with Crippen molar-refractivity contribution in [2.24, 2.45) is 0 Å². The van der Waals surface area contributed by atoms with Gasteiger partial charge in [-0.05, 0) is 43.3 Å². The Labute approximate surface area is 179 Å². The van der Waals surface area contributed by atoms with Crippen LogP contribution in [0.5, 0.6) is 0 Å². The van der Waals surface area contributed by atoms with E-state index in [4.69, 9.17) is 9.72 Å². The molecule has 4 aromatic rings. The summed E-state index contributed by atoms with van der Waals surface area (Å²) in [4.78, 5) is 9.29. The number of pyridine rings is 1. The summed E-state index contributed by atoms with van der Waals surface area (Å²) in [6.07, 6.45) is 0.554. The number of aryl methyl sites for hydroxylation is 1. The number of alkyl halides is 1. The van der Waals surface area contributed by atoms with Crippen LogP contribution in [0, 0.1) is 18.3 Å². The van der Waals surface area contributed by atoms with Gasteiger partial charge >= 0.3 is 0 Å². The van der Waals surface area contributed by atoms with E-state index in [9.17, 15) is 9.65 Å². The average Bonchev–Trinajstić information content (AvgIpc) is 3.45. The highest BCUT2D eigenvalue weighted by Crippen LogP contribution is 2.34. The molecule has 0 spiro atoms. The number of rotatable bonds is 3. The van der Waals surface area contributed by atoms with Crippen molar-refractivity contribution in [2.45, 2.75) is 25.6 Å². The molecule has 7 nitrogen and oxygen atoms in total. The van der Waals surface area contributed by atoms with Crippen LogP contribution in [0.15, 0.2) is 47.2 Å². The van der Waals surface area contributed by atoms with Crippen LogP contribution in [0.2, 0.25) is 0 Å². The predicted molar refractivity (Wildman–Crippen MR) is 111 cm³/mol. The van der Waals surface area contributed by atoms with Gasteiger partial charge in [-0.2, -0.15) is 10.4 Å². The average molecular weight is 467 g/mol. The molecule has 1 aliphatic heterocycles. The minimum Gasteiger partial charge on any atom is -0.370 e. The van der Waals surface area contributed by atoms with Gasteiger partial charge in [0.1, 0.15) is 24.4 Å². The van der Waals surface area contributed by atoms with Gasteiger partial charge in [-0.1, -0.05) is 15.9 Å². The number of aromatic nitrogens is 5. The maximum absolute atomic E-state index is 13.8. The molecule has 0 N–H and O–H groups in total. The first-order chi connectivity index (χ1) is 14.5. The van der Waals surface area contributed by atoms with Crippen molar-refractivity contribution in [2.75, 3.05) is 6.61 Å². The highest BCUT2D eigenvalue weighted by Gasteiger charge is 2.30. The zero-order valence-electron chi connectivity index (χ0n) is 16.0. The third-order valence-corrected chi connectivity index (χ3v) is 5.64. The molecule has 150 valence electrons. The normalized spacial score (nSPS) is 18.7. The molecule has 1 saturated heterocycles. The Hall–Kier alpha value is -3.09. The van der Waals surface area contributed by atoms with E-state index >= 15 is 0 Å². The van der Waals surface area contributed by atoms with Crippen molar-refractivity contribution in [3.8, 4) is 17.7 Å². The van der Waals surface area contributed by atoms with E-state index in [2.05, 4.69) is 32.1 Å². The quantitative estimate of drug-likeness (QED) is 0.448. The molecule has 0 amide bonds. The van der Waals surface area contributed by atoms with Crippen LogP contribution < -0.4 is 0 Å². The minimum absolute atomic E-state index is 0.0639. The lowest BCUT2D eigenvalue weighted by atomic mass is 10.1. The maximum Gasteiger partial charge on any atom is 0.163 e. The molecule has 1 aromatic carbocycles. The van der Waals surface area contributed by atoms with Crippen LogP contribution in [0.25, 0.3) is 22.7 Å². The van der Waals surface area contributed by atoms with Crippen molar-refractivity contribution < 1.29 is 9.13 Å². The molecule has 1 aliphatic rings. The number of ether oxygens (including phenoxy) is 1. The van der Waals surface area contributed by atoms with Crippen LogP contribution in [-0.4, -0.2) is 37.1 Å². The lowest BCUT2D eigenvalue weighted by Crippen LogP contribution is -2.12. The topological polar surface area (TPSA) is 81.5 Å². The number of fused-ring (bicyclic) bond motifs is 1. The molecule has 1 fully saturated rings. The molecule has 30 heavy (non-hydrogen) atoms. The number of hydrogen-bond donors (Lipinski definition) is 0. The number of benzene rings is 1. The smallest absolute Gasteiger partial charge is 0.163 e. The Morgan fingerprint density at radius 3 is 2.87 bits per heavy atom. The van der Waals surface area contributed by atoms with Crippen LogP contribution in [-0.2, 0) is 4.74 Å². The molecule has 0 radical (unpaired) electrons. The monoisotopic (exact) mass is 466 g/mol. The van der Waals surface area contributed by atoms with E-state index in [0.717, 1.165) is 26.8 Å². The highest BCUT2D eigenvalue weighted by molar-refractivity contribution is 9.10. The van der Waals surface area contributed by atoms with E-state index in [-0.39, 0.29) is 13.0 Å². The molecule has 0 bridgehead atoms. The van der Waals surface area contributed by atoms with Gasteiger partial charge in [0, 0.05) is 22.2 Å². The van der Waals surface area contributed by atoms with Crippen LogP contribution in [0.3, 0.4) is 0 Å². The third kappa shape index (κ3) is 3.18. The zero-order valence-corrected chi connectivity index (χ0v) is 17.5. The van der Waals surface area contributed by atoms with Gasteiger partial charge in [0.15, 0.2) is 11.5 Å². The van der Waals surface area contributed by atoms with E-state index in [0.29, 0.717) is 17.3 Å². The summed E-state index contributed by atoms with van der Waals surface area (Å²) in [5.74, 6) is 1.16. The number of halogens is 2. The van der Waals surface area contributed by atoms with Gasteiger partial charge in [0.2, 0.25) is 0 Å². The zero-order chi connectivity index (χ0) is 20.8. The summed E-state index contributed by atoms with van der Waals surface area (Å²) in [5.41, 5.74) is 3.52. The van der Waals surface area contributed by atoms with Gasteiger partial charge in [0.25, 0.3) is 0 Å². The van der Waals surface area contributed by atoms with Gasteiger partial charge in [-0.3, -0.25) is 4.57 Å². The van der Waals surface area contributed by atoms with Crippen molar-refractivity contribution in [1.82, 2.24) is 24.3 Å². The second-order valence-corrected chi connectivity index (χ2v) is 8.10. The van der Waals surface area contributed by atoms with E-state index in [1.54, 1.807) is 17.1 Å². The Morgan fingerprint density at radius 2 is 2.13 bits per heavy atom. The SMILES string of the molecule is Cc1cc(C#N)nn1-c1nc(-n2cnc3cc(Br)ccc32)ccc1[C@H]1C[C@@H](F)CO1. The Morgan fingerprint density at radius 1 is 1.27 bits per heavy atom. The van der Waals surface area contributed by atoms with Crippen molar-refractivity contribution in [3.05, 3.63) is 64.1 Å². The number of nitriles is 1. The fourth-order valence-corrected chi connectivity index (χ4v) is 4.07. The summed E-state index contributed by atoms with van der Waals surface area (Å²) in [7, 11) is 0. The standard InChI is InChI=1S/C21H16BrFN6O/c1-12-6-15(9-24)27-29(12)21-16(19-8-14(23)10-30-19)3-5-20(26-21)28-11-25-17-7-13(22)2-4-18(17)28/h2-7,11,14,19H,8,10H2,1H3/t14-,19-/m1/s1. The van der Waals surface area contributed by atoms with Crippen LogP contribution >= 0.6 is 15.9 Å². The molecule has 0 unspecified atom stereocenters. The van der Waals surface area contributed by atoms with E-state index < -0.39 is 12.3 Å². The first-order valence-electron chi connectivity index (χ1n) is 9.40. The molecule has 5 rings (SSSR count). The number of imidazole rings is 1. The van der Waals surface area contributed by atoms with Crippen LogP contribution in [0.4, 0.5) is 4.39 Å². The molecule has 2 atom stereocenters. The minimum atomic E-state index is -1.01. The highest BCUT2D eigenvalue weighted by atomic mass is 79.9. The Bertz CT molecular complexity index is 1310. The predicted octanol–water partition coefficient (Wildman–Crippen LogP) is 4.35. The Balaban J connectivity index is 1.69. The number of hydrogen-bond acceptors (Lipinski definition) is 5. The third-order valence-electron chi connectivity index (χ3n) is 5.14. The summed E-state index contributed by atoms with van der Waals surface area (Å²) in [5, 5.41) is 13.6. The summed E-state index contributed by atoms with van der Waals surface area (Å²) in [6, 6.07) is 13.3. The summed E-state index contributed by atoms with van der Waals surface area (Å²) < 4.78 is 23.9. The largest absolute Gasteiger partial charge is 0.370 e. The first-order valence-corrected chi connectivity index (χ1v) is 10.2. The van der Waals surface area contributed by atoms with Crippen molar-refractivity contribution in [3.63, 3.8) is 0 Å². The summed E-state index contributed by atoms with van der Waals surface area (Å²) in [6.45, 7) is 1.91. The fourth-order valence-electron chi connectivity index (χ4n) is 3.72. The Kier molecular flexibility index (Phi) is 4.60. The van der Waals surface area contributed by atoms with Gasteiger partial charge in [-0.25, -0.2) is 19.0 Å². The fraction of sp³-hybridized carbons (Fsp3) is 0.238. The van der Waals surface area contributed by atoms with Gasteiger partial charge < -0.3 is 4.74 Å². The molecule has 0 aliphatic carbocycles. The lowest BCUT2D eigenvalue weighted by Gasteiger charge is -2.17.